The maximum absolute atomic E-state index is 11.3. The Hall–Kier alpha value is -2.77. The van der Waals surface area contributed by atoms with E-state index in [0.29, 0.717) is 6.07 Å². The molecule has 3 rings (SSSR count). The Morgan fingerprint density at radius 2 is 1.41 bits per heavy atom. The minimum atomic E-state index is -4.92. The lowest BCUT2D eigenvalue weighted by Crippen LogP contribution is -1.99. The highest BCUT2D eigenvalue weighted by Gasteiger charge is 2.14. The van der Waals surface area contributed by atoms with Gasteiger partial charge >= 0.3 is 0 Å². The van der Waals surface area contributed by atoms with Gasteiger partial charge in [0.1, 0.15) is 37.4 Å². The standard InChI is InChI=1S/C16H11ClN2O8S2/c17-10-6-12(13(20)7-15(10)29(25,26)27)19-18-11-5-4-8-9(16(11)21)2-1-3-14(8)28(22,23)24/h1-7,20-21H,(H,22,23,24)(H,25,26,27)/p-2. The molecule has 0 aliphatic carbocycles. The minimum absolute atomic E-state index is 0.0187. The van der Waals surface area contributed by atoms with Crippen LogP contribution in [-0.4, -0.2) is 36.2 Å². The normalized spacial score (nSPS) is 12.7. The van der Waals surface area contributed by atoms with Crippen molar-refractivity contribution < 1.29 is 36.2 Å². The lowest BCUT2D eigenvalue weighted by Gasteiger charge is -2.12. The van der Waals surface area contributed by atoms with Gasteiger partial charge < -0.3 is 19.3 Å². The summed E-state index contributed by atoms with van der Waals surface area (Å²) >= 11 is 5.71. The molecule has 0 aliphatic heterocycles. The summed E-state index contributed by atoms with van der Waals surface area (Å²) in [6.45, 7) is 0. The summed E-state index contributed by atoms with van der Waals surface area (Å²) in [6, 6.07) is 7.66. The van der Waals surface area contributed by atoms with E-state index in [1.54, 1.807) is 0 Å². The third-order valence-electron chi connectivity index (χ3n) is 3.80. The van der Waals surface area contributed by atoms with Crippen molar-refractivity contribution in [2.24, 2.45) is 10.2 Å². The average molecular weight is 457 g/mol. The Morgan fingerprint density at radius 1 is 0.793 bits per heavy atom. The van der Waals surface area contributed by atoms with E-state index < -0.39 is 46.5 Å². The van der Waals surface area contributed by atoms with Crippen LogP contribution in [-0.2, 0) is 20.2 Å². The van der Waals surface area contributed by atoms with Crippen molar-refractivity contribution in [2.75, 3.05) is 0 Å². The SMILES string of the molecule is O=S(=O)([O-])c1cc(O)c(N=Nc2ccc3c(S(=O)(=O)[O-])cccc3c2O)cc1Cl. The van der Waals surface area contributed by atoms with Crippen LogP contribution in [0.1, 0.15) is 0 Å². The van der Waals surface area contributed by atoms with Gasteiger partial charge in [-0.25, -0.2) is 16.8 Å². The van der Waals surface area contributed by atoms with E-state index in [0.717, 1.165) is 12.1 Å². The molecular weight excluding hydrogens is 448 g/mol. The summed E-state index contributed by atoms with van der Waals surface area (Å²) in [5.41, 5.74) is -0.438. The van der Waals surface area contributed by atoms with Gasteiger partial charge in [-0.3, -0.25) is 0 Å². The van der Waals surface area contributed by atoms with Crippen LogP contribution < -0.4 is 0 Å². The highest BCUT2D eigenvalue weighted by molar-refractivity contribution is 7.86. The van der Waals surface area contributed by atoms with Gasteiger partial charge in [-0.2, -0.15) is 0 Å². The molecule has 13 heteroatoms. The summed E-state index contributed by atoms with van der Waals surface area (Å²) in [5, 5.41) is 27.1. The van der Waals surface area contributed by atoms with Crippen molar-refractivity contribution in [3.8, 4) is 11.5 Å². The lowest BCUT2D eigenvalue weighted by molar-refractivity contribution is 0.456. The predicted octanol–water partition coefficient (Wildman–Crippen LogP) is 3.13. The summed E-state index contributed by atoms with van der Waals surface area (Å²) in [5.74, 6) is -1.19. The first-order valence-electron chi connectivity index (χ1n) is 7.50. The molecular formula is C16H9ClN2O8S2-2. The Balaban J connectivity index is 2.09. The van der Waals surface area contributed by atoms with Gasteiger partial charge in [0.15, 0.2) is 5.75 Å². The Kier molecular flexibility index (Phi) is 5.23. The molecule has 0 spiro atoms. The van der Waals surface area contributed by atoms with Crippen molar-refractivity contribution in [3.05, 3.63) is 47.5 Å². The maximum atomic E-state index is 11.3. The first kappa shape index (κ1) is 21.0. The van der Waals surface area contributed by atoms with E-state index in [2.05, 4.69) is 10.2 Å². The van der Waals surface area contributed by atoms with Crippen LogP contribution in [0.2, 0.25) is 5.02 Å². The van der Waals surface area contributed by atoms with Gasteiger partial charge in [0.05, 0.1) is 14.8 Å². The number of phenolic OH excluding ortho intramolecular Hbond substituents is 2. The monoisotopic (exact) mass is 456 g/mol. The van der Waals surface area contributed by atoms with Crippen molar-refractivity contribution in [1.82, 2.24) is 0 Å². The molecule has 0 radical (unpaired) electrons. The van der Waals surface area contributed by atoms with Gasteiger partial charge in [-0.05, 0) is 18.2 Å². The van der Waals surface area contributed by atoms with Crippen LogP contribution in [0.25, 0.3) is 10.8 Å². The molecule has 10 nitrogen and oxygen atoms in total. The molecule has 0 fully saturated rings. The second-order valence-electron chi connectivity index (χ2n) is 5.66. The number of hydrogen-bond donors (Lipinski definition) is 2. The van der Waals surface area contributed by atoms with Crippen LogP contribution in [0.15, 0.2) is 62.5 Å². The van der Waals surface area contributed by atoms with Gasteiger partial charge in [0.25, 0.3) is 0 Å². The zero-order valence-electron chi connectivity index (χ0n) is 14.0. The van der Waals surface area contributed by atoms with Gasteiger partial charge in [-0.15, -0.1) is 10.2 Å². The van der Waals surface area contributed by atoms with Gasteiger partial charge in [0.2, 0.25) is 0 Å². The first-order valence-corrected chi connectivity index (χ1v) is 10.7. The van der Waals surface area contributed by atoms with Crippen LogP contribution in [0.4, 0.5) is 11.4 Å². The van der Waals surface area contributed by atoms with Crippen molar-refractivity contribution >= 4 is 54.0 Å². The number of nitrogens with zero attached hydrogens (tertiary/aromatic N) is 2. The van der Waals surface area contributed by atoms with E-state index in [1.807, 2.05) is 0 Å². The fourth-order valence-electron chi connectivity index (χ4n) is 2.51. The molecule has 3 aromatic carbocycles. The fourth-order valence-corrected chi connectivity index (χ4v) is 4.20. The van der Waals surface area contributed by atoms with Gasteiger partial charge in [-0.1, -0.05) is 29.8 Å². The maximum Gasteiger partial charge on any atom is 0.150 e. The highest BCUT2D eigenvalue weighted by atomic mass is 35.5. The summed E-state index contributed by atoms with van der Waals surface area (Å²) in [4.78, 5) is -1.36. The molecule has 152 valence electrons. The molecule has 0 amide bonds. The summed E-state index contributed by atoms with van der Waals surface area (Å²) in [7, 11) is -9.69. The molecule has 0 saturated heterocycles. The molecule has 29 heavy (non-hydrogen) atoms. The van der Waals surface area contributed by atoms with Crippen molar-refractivity contribution in [2.45, 2.75) is 9.79 Å². The van der Waals surface area contributed by atoms with Crippen LogP contribution in [0, 0.1) is 0 Å². The Bertz CT molecular complexity index is 1390. The largest absolute Gasteiger partial charge is 0.744 e. The summed E-state index contributed by atoms with van der Waals surface area (Å²) < 4.78 is 67.2. The zero-order valence-corrected chi connectivity index (χ0v) is 16.4. The second-order valence-corrected chi connectivity index (χ2v) is 8.77. The highest BCUT2D eigenvalue weighted by Crippen LogP contribution is 2.40. The molecule has 0 heterocycles. The number of fused-ring (bicyclic) bond motifs is 1. The predicted molar refractivity (Wildman–Crippen MR) is 98.8 cm³/mol. The van der Waals surface area contributed by atoms with E-state index in [4.69, 9.17) is 11.6 Å². The van der Waals surface area contributed by atoms with Crippen LogP contribution in [0.3, 0.4) is 0 Å². The van der Waals surface area contributed by atoms with Crippen molar-refractivity contribution in [1.29, 1.82) is 0 Å². The minimum Gasteiger partial charge on any atom is -0.744 e. The number of azo groups is 1. The zero-order chi connectivity index (χ0) is 21.6. The number of hydrogen-bond acceptors (Lipinski definition) is 10. The average Bonchev–Trinajstić information content (AvgIpc) is 2.61. The number of halogens is 1. The molecule has 0 bridgehead atoms. The number of aromatic hydroxyl groups is 2. The third-order valence-corrected chi connectivity index (χ3v) is 6.00. The van der Waals surface area contributed by atoms with Crippen LogP contribution in [0.5, 0.6) is 11.5 Å². The fraction of sp³-hybridized carbons (Fsp3) is 0. The summed E-state index contributed by atoms with van der Waals surface area (Å²) in [6.07, 6.45) is 0. The van der Waals surface area contributed by atoms with E-state index in [1.165, 1.54) is 24.3 Å². The second kappa shape index (κ2) is 7.24. The van der Waals surface area contributed by atoms with Gasteiger partial charge in [0, 0.05) is 16.8 Å². The quantitative estimate of drug-likeness (QED) is 0.443. The number of phenols is 2. The molecule has 0 unspecified atom stereocenters. The van der Waals surface area contributed by atoms with E-state index >= 15 is 0 Å². The van der Waals surface area contributed by atoms with Crippen molar-refractivity contribution in [3.63, 3.8) is 0 Å². The molecule has 0 aliphatic rings. The third kappa shape index (κ3) is 4.16. The molecule has 3 aromatic rings. The van der Waals surface area contributed by atoms with Crippen LogP contribution >= 0.6 is 11.6 Å². The topological polar surface area (TPSA) is 180 Å². The molecule has 0 atom stereocenters. The lowest BCUT2D eigenvalue weighted by atomic mass is 10.1. The van der Waals surface area contributed by atoms with E-state index in [-0.39, 0.29) is 22.1 Å². The smallest absolute Gasteiger partial charge is 0.150 e. The molecule has 2 N–H and O–H groups in total. The Labute approximate surface area is 169 Å². The Morgan fingerprint density at radius 3 is 2.03 bits per heavy atom. The first-order chi connectivity index (χ1) is 13.4. The molecule has 0 saturated carbocycles. The molecule has 0 aromatic heterocycles. The number of rotatable bonds is 4. The number of benzene rings is 3. The van der Waals surface area contributed by atoms with E-state index in [9.17, 15) is 36.2 Å².